The van der Waals surface area contributed by atoms with Crippen LogP contribution in [0.15, 0.2) is 16.7 Å². The van der Waals surface area contributed by atoms with Gasteiger partial charge in [-0.05, 0) is 30.4 Å². The van der Waals surface area contributed by atoms with Gasteiger partial charge in [-0.1, -0.05) is 34.6 Å². The first-order chi connectivity index (χ1) is 8.87. The Morgan fingerprint density at radius 1 is 1.32 bits per heavy atom. The van der Waals surface area contributed by atoms with Gasteiger partial charge in [0.1, 0.15) is 12.4 Å². The van der Waals surface area contributed by atoms with Gasteiger partial charge >= 0.3 is 0 Å². The monoisotopic (exact) mass is 267 g/mol. The maximum atomic E-state index is 5.64. The molecule has 3 nitrogen and oxygen atoms in total. The van der Waals surface area contributed by atoms with Gasteiger partial charge in [-0.3, -0.25) is 0 Å². The molecular formula is C16H29NO2. The fraction of sp³-hybridized carbons (Fsp3) is 0.750. The van der Waals surface area contributed by atoms with Crippen LogP contribution in [0.2, 0.25) is 0 Å². The molecule has 0 aromatic carbocycles. The normalized spacial score (nSPS) is 12.3. The number of hydrogen-bond donors (Lipinski definition) is 1. The van der Waals surface area contributed by atoms with Gasteiger partial charge in [0.15, 0.2) is 0 Å². The summed E-state index contributed by atoms with van der Waals surface area (Å²) < 4.78 is 11.1. The predicted molar refractivity (Wildman–Crippen MR) is 79.0 cm³/mol. The highest BCUT2D eigenvalue weighted by molar-refractivity contribution is 5.11. The van der Waals surface area contributed by atoms with Gasteiger partial charge in [0.25, 0.3) is 0 Å². The molecule has 0 bridgehead atoms. The van der Waals surface area contributed by atoms with Crippen molar-refractivity contribution in [1.82, 2.24) is 5.32 Å². The highest BCUT2D eigenvalue weighted by Crippen LogP contribution is 2.18. The Morgan fingerprint density at radius 2 is 2.05 bits per heavy atom. The average molecular weight is 267 g/mol. The first kappa shape index (κ1) is 16.3. The Bertz CT molecular complexity index is 350. The summed E-state index contributed by atoms with van der Waals surface area (Å²) in [6.45, 7) is 14.3. The Hall–Kier alpha value is -0.800. The summed E-state index contributed by atoms with van der Waals surface area (Å²) in [6.07, 6.45) is 2.88. The smallest absolute Gasteiger partial charge is 0.129 e. The molecule has 1 aromatic heterocycles. The van der Waals surface area contributed by atoms with Gasteiger partial charge in [-0.2, -0.15) is 0 Å². The topological polar surface area (TPSA) is 34.4 Å². The lowest BCUT2D eigenvalue weighted by atomic mass is 9.93. The third-order valence-corrected chi connectivity index (χ3v) is 2.83. The lowest BCUT2D eigenvalue weighted by Gasteiger charge is -2.17. The van der Waals surface area contributed by atoms with Crippen molar-refractivity contribution in [3.63, 3.8) is 0 Å². The number of hydrogen-bond acceptors (Lipinski definition) is 3. The Labute approximate surface area is 117 Å². The molecule has 1 N–H and O–H groups in total. The summed E-state index contributed by atoms with van der Waals surface area (Å²) in [5, 5.41) is 3.40. The van der Waals surface area contributed by atoms with E-state index in [-0.39, 0.29) is 0 Å². The molecular weight excluding hydrogens is 238 g/mol. The lowest BCUT2D eigenvalue weighted by Crippen LogP contribution is -2.18. The van der Waals surface area contributed by atoms with Gasteiger partial charge in [-0.15, -0.1) is 0 Å². The maximum absolute atomic E-state index is 5.64. The van der Waals surface area contributed by atoms with Crippen molar-refractivity contribution in [3.05, 3.63) is 23.7 Å². The summed E-state index contributed by atoms with van der Waals surface area (Å²) in [6, 6.07) is 2.07. The van der Waals surface area contributed by atoms with Crippen LogP contribution in [0.4, 0.5) is 0 Å². The lowest BCUT2D eigenvalue weighted by molar-refractivity contribution is 0.0844. The van der Waals surface area contributed by atoms with Crippen molar-refractivity contribution in [1.29, 1.82) is 0 Å². The van der Waals surface area contributed by atoms with Gasteiger partial charge in [-0.25, -0.2) is 0 Å². The van der Waals surface area contributed by atoms with Crippen LogP contribution in [0.25, 0.3) is 0 Å². The largest absolute Gasteiger partial charge is 0.467 e. The van der Waals surface area contributed by atoms with Gasteiger partial charge in [0, 0.05) is 18.7 Å². The highest BCUT2D eigenvalue weighted by Gasteiger charge is 2.10. The maximum Gasteiger partial charge on any atom is 0.129 e. The SMILES string of the molecule is CC(C)CNCc1coc(COCCC(C)(C)C)c1. The fourth-order valence-electron chi connectivity index (χ4n) is 1.65. The molecule has 0 aliphatic heterocycles. The summed E-state index contributed by atoms with van der Waals surface area (Å²) in [5.41, 5.74) is 1.52. The molecule has 0 saturated heterocycles. The van der Waals surface area contributed by atoms with E-state index in [1.54, 1.807) is 0 Å². The van der Waals surface area contributed by atoms with Gasteiger partial charge < -0.3 is 14.5 Å². The first-order valence-electron chi connectivity index (χ1n) is 7.21. The van der Waals surface area contributed by atoms with E-state index in [0.29, 0.717) is 17.9 Å². The van der Waals surface area contributed by atoms with Crippen LogP contribution in [-0.4, -0.2) is 13.2 Å². The quantitative estimate of drug-likeness (QED) is 0.723. The molecule has 0 unspecified atom stereocenters. The zero-order valence-electron chi connectivity index (χ0n) is 13.1. The molecule has 0 fully saturated rings. The molecule has 0 spiro atoms. The number of rotatable bonds is 8. The number of furan rings is 1. The first-order valence-corrected chi connectivity index (χ1v) is 7.21. The van der Waals surface area contributed by atoms with Crippen molar-refractivity contribution < 1.29 is 9.15 Å². The third kappa shape index (κ3) is 8.06. The van der Waals surface area contributed by atoms with Crippen LogP contribution in [0, 0.1) is 11.3 Å². The van der Waals surface area contributed by atoms with Crippen molar-refractivity contribution in [2.24, 2.45) is 11.3 Å². The van der Waals surface area contributed by atoms with Crippen molar-refractivity contribution >= 4 is 0 Å². The summed E-state index contributed by atoms with van der Waals surface area (Å²) in [7, 11) is 0. The molecule has 110 valence electrons. The minimum Gasteiger partial charge on any atom is -0.467 e. The Balaban J connectivity index is 2.19. The molecule has 1 rings (SSSR count). The van der Waals surface area contributed by atoms with Crippen molar-refractivity contribution in [2.75, 3.05) is 13.2 Å². The van der Waals surface area contributed by atoms with Gasteiger partial charge in [0.05, 0.1) is 6.26 Å². The van der Waals surface area contributed by atoms with Crippen molar-refractivity contribution in [3.8, 4) is 0 Å². The van der Waals surface area contributed by atoms with Crippen LogP contribution in [0.5, 0.6) is 0 Å². The van der Waals surface area contributed by atoms with Gasteiger partial charge in [0.2, 0.25) is 0 Å². The van der Waals surface area contributed by atoms with E-state index < -0.39 is 0 Å². The molecule has 0 aliphatic rings. The Morgan fingerprint density at radius 3 is 2.68 bits per heavy atom. The standard InChI is InChI=1S/C16H29NO2/c1-13(2)9-17-10-14-8-15(19-11-14)12-18-7-6-16(3,4)5/h8,11,13,17H,6-7,9-10,12H2,1-5H3. The van der Waals surface area contributed by atoms with E-state index in [1.807, 2.05) is 6.26 Å². The molecule has 1 aromatic rings. The van der Waals surface area contributed by atoms with Crippen LogP contribution in [0.3, 0.4) is 0 Å². The van der Waals surface area contributed by atoms with Crippen LogP contribution < -0.4 is 5.32 Å². The van der Waals surface area contributed by atoms with Crippen LogP contribution >= 0.6 is 0 Å². The van der Waals surface area contributed by atoms with E-state index in [4.69, 9.17) is 9.15 Å². The molecule has 19 heavy (non-hydrogen) atoms. The molecule has 0 amide bonds. The second-order valence-corrected chi connectivity index (χ2v) is 6.81. The summed E-state index contributed by atoms with van der Waals surface area (Å²) in [5.74, 6) is 1.59. The second-order valence-electron chi connectivity index (χ2n) is 6.81. The van der Waals surface area contributed by atoms with Crippen LogP contribution in [0.1, 0.15) is 52.4 Å². The van der Waals surface area contributed by atoms with Crippen molar-refractivity contribution in [2.45, 2.75) is 54.2 Å². The second kappa shape index (κ2) is 7.71. The molecule has 0 saturated carbocycles. The number of ether oxygens (including phenoxy) is 1. The zero-order valence-corrected chi connectivity index (χ0v) is 13.1. The summed E-state index contributed by atoms with van der Waals surface area (Å²) >= 11 is 0. The van der Waals surface area contributed by atoms with E-state index in [9.17, 15) is 0 Å². The minimum atomic E-state index is 0.328. The molecule has 0 atom stereocenters. The molecule has 3 heteroatoms. The van der Waals surface area contributed by atoms with E-state index in [2.05, 4.69) is 46.0 Å². The third-order valence-electron chi connectivity index (χ3n) is 2.83. The number of nitrogens with one attached hydrogen (secondary N) is 1. The minimum absolute atomic E-state index is 0.328. The molecule has 1 heterocycles. The average Bonchev–Trinajstić information content (AvgIpc) is 2.71. The fourth-order valence-corrected chi connectivity index (χ4v) is 1.65. The Kier molecular flexibility index (Phi) is 6.59. The van der Waals surface area contributed by atoms with E-state index in [1.165, 1.54) is 5.56 Å². The molecule has 0 radical (unpaired) electrons. The van der Waals surface area contributed by atoms with E-state index in [0.717, 1.165) is 31.9 Å². The molecule has 0 aliphatic carbocycles. The highest BCUT2D eigenvalue weighted by atomic mass is 16.5. The predicted octanol–water partition coefficient (Wildman–Crippen LogP) is 3.98. The van der Waals surface area contributed by atoms with E-state index >= 15 is 0 Å². The summed E-state index contributed by atoms with van der Waals surface area (Å²) in [4.78, 5) is 0. The zero-order chi connectivity index (χ0) is 14.3. The van der Waals surface area contributed by atoms with Crippen LogP contribution in [-0.2, 0) is 17.9 Å².